The smallest absolute Gasteiger partial charge is 0.0409 e. The standard InChI is InChI=1S/C16H27ClN2/c1-6-18-11-16(3,4)12-19(5)13(2)14-8-7-9-15(17)10-14/h7-10,13,18H,6,11-12H2,1-5H3. The van der Waals surface area contributed by atoms with Crippen molar-refractivity contribution in [2.24, 2.45) is 5.41 Å². The minimum atomic E-state index is 0.262. The van der Waals surface area contributed by atoms with E-state index in [2.05, 4.69) is 57.1 Å². The number of nitrogens with one attached hydrogen (secondary N) is 1. The molecule has 0 saturated carbocycles. The molecule has 0 fully saturated rings. The highest BCUT2D eigenvalue weighted by molar-refractivity contribution is 6.30. The predicted molar refractivity (Wildman–Crippen MR) is 84.8 cm³/mol. The van der Waals surface area contributed by atoms with Crippen LogP contribution in [-0.2, 0) is 0 Å². The van der Waals surface area contributed by atoms with Gasteiger partial charge in [0.2, 0.25) is 0 Å². The second kappa shape index (κ2) is 7.28. The number of rotatable bonds is 7. The van der Waals surface area contributed by atoms with Gasteiger partial charge in [-0.05, 0) is 43.6 Å². The first-order chi connectivity index (χ1) is 8.85. The molecule has 0 radical (unpaired) electrons. The molecule has 3 heteroatoms. The number of nitrogens with zero attached hydrogens (tertiary/aromatic N) is 1. The van der Waals surface area contributed by atoms with Crippen LogP contribution in [0.2, 0.25) is 5.02 Å². The Morgan fingerprint density at radius 1 is 1.37 bits per heavy atom. The van der Waals surface area contributed by atoms with E-state index in [0.29, 0.717) is 6.04 Å². The molecule has 0 aliphatic carbocycles. The van der Waals surface area contributed by atoms with E-state index in [9.17, 15) is 0 Å². The molecular weight excluding hydrogens is 256 g/mol. The lowest BCUT2D eigenvalue weighted by Gasteiger charge is -2.34. The highest BCUT2D eigenvalue weighted by Crippen LogP contribution is 2.25. The molecule has 19 heavy (non-hydrogen) atoms. The van der Waals surface area contributed by atoms with Crippen LogP contribution >= 0.6 is 11.6 Å². The first kappa shape index (κ1) is 16.5. The second-order valence-corrected chi connectivity index (χ2v) is 6.53. The monoisotopic (exact) mass is 282 g/mol. The van der Waals surface area contributed by atoms with Crippen LogP contribution in [0.15, 0.2) is 24.3 Å². The van der Waals surface area contributed by atoms with Crippen molar-refractivity contribution >= 4 is 11.6 Å². The molecule has 0 amide bonds. The van der Waals surface area contributed by atoms with Gasteiger partial charge in [-0.25, -0.2) is 0 Å². The molecule has 1 N–H and O–H groups in total. The minimum Gasteiger partial charge on any atom is -0.316 e. The Morgan fingerprint density at radius 3 is 2.63 bits per heavy atom. The first-order valence-electron chi connectivity index (χ1n) is 7.02. The average Bonchev–Trinajstić information content (AvgIpc) is 2.35. The Bertz CT molecular complexity index is 390. The summed E-state index contributed by atoms with van der Waals surface area (Å²) in [6.07, 6.45) is 0. The maximum atomic E-state index is 6.07. The van der Waals surface area contributed by atoms with E-state index in [0.717, 1.165) is 24.7 Å². The van der Waals surface area contributed by atoms with Gasteiger partial charge in [0.25, 0.3) is 0 Å². The van der Waals surface area contributed by atoms with Gasteiger partial charge in [-0.2, -0.15) is 0 Å². The van der Waals surface area contributed by atoms with E-state index in [1.54, 1.807) is 0 Å². The molecule has 1 aromatic carbocycles. The third-order valence-electron chi connectivity index (χ3n) is 3.52. The van der Waals surface area contributed by atoms with Crippen molar-refractivity contribution in [1.82, 2.24) is 10.2 Å². The highest BCUT2D eigenvalue weighted by atomic mass is 35.5. The predicted octanol–water partition coefficient (Wildman–Crippen LogP) is 3.97. The quantitative estimate of drug-likeness (QED) is 0.814. The summed E-state index contributed by atoms with van der Waals surface area (Å²) in [7, 11) is 2.18. The van der Waals surface area contributed by atoms with Crippen LogP contribution < -0.4 is 5.32 Å². The van der Waals surface area contributed by atoms with Crippen molar-refractivity contribution in [3.05, 3.63) is 34.9 Å². The Balaban J connectivity index is 2.64. The molecule has 1 aromatic rings. The molecule has 0 aliphatic rings. The molecule has 0 bridgehead atoms. The largest absolute Gasteiger partial charge is 0.316 e. The molecular formula is C16H27ClN2. The summed E-state index contributed by atoms with van der Waals surface area (Å²) in [5.41, 5.74) is 1.53. The molecule has 0 saturated heterocycles. The fourth-order valence-electron chi connectivity index (χ4n) is 2.35. The van der Waals surface area contributed by atoms with E-state index in [-0.39, 0.29) is 5.41 Å². The summed E-state index contributed by atoms with van der Waals surface area (Å²) in [6.45, 7) is 12.1. The van der Waals surface area contributed by atoms with E-state index < -0.39 is 0 Å². The molecule has 1 rings (SSSR count). The molecule has 1 atom stereocenters. The summed E-state index contributed by atoms with van der Waals surface area (Å²) in [6, 6.07) is 8.52. The zero-order valence-corrected chi connectivity index (χ0v) is 13.6. The molecule has 1 unspecified atom stereocenters. The van der Waals surface area contributed by atoms with E-state index in [4.69, 9.17) is 11.6 Å². The molecule has 2 nitrogen and oxygen atoms in total. The number of hydrogen-bond acceptors (Lipinski definition) is 2. The molecule has 0 aliphatic heterocycles. The topological polar surface area (TPSA) is 15.3 Å². The van der Waals surface area contributed by atoms with Gasteiger partial charge in [0.15, 0.2) is 0 Å². The summed E-state index contributed by atoms with van der Waals surface area (Å²) < 4.78 is 0. The maximum absolute atomic E-state index is 6.07. The Morgan fingerprint density at radius 2 is 2.05 bits per heavy atom. The Labute approximate surface area is 123 Å². The number of benzene rings is 1. The zero-order valence-electron chi connectivity index (χ0n) is 12.8. The summed E-state index contributed by atoms with van der Waals surface area (Å²) >= 11 is 6.07. The van der Waals surface area contributed by atoms with Gasteiger partial charge in [-0.15, -0.1) is 0 Å². The molecule has 108 valence electrons. The zero-order chi connectivity index (χ0) is 14.5. The highest BCUT2D eigenvalue weighted by Gasteiger charge is 2.22. The van der Waals surface area contributed by atoms with Crippen LogP contribution in [0.1, 0.15) is 39.3 Å². The molecule has 0 heterocycles. The first-order valence-corrected chi connectivity index (χ1v) is 7.40. The van der Waals surface area contributed by atoms with Crippen molar-refractivity contribution in [3.63, 3.8) is 0 Å². The van der Waals surface area contributed by atoms with E-state index in [1.807, 2.05) is 12.1 Å². The fraction of sp³-hybridized carbons (Fsp3) is 0.625. The van der Waals surface area contributed by atoms with Gasteiger partial charge in [0.1, 0.15) is 0 Å². The third kappa shape index (κ3) is 5.52. The van der Waals surface area contributed by atoms with Gasteiger partial charge in [0, 0.05) is 24.2 Å². The minimum absolute atomic E-state index is 0.262. The lowest BCUT2D eigenvalue weighted by molar-refractivity contribution is 0.166. The summed E-state index contributed by atoms with van der Waals surface area (Å²) in [5.74, 6) is 0. The Kier molecular flexibility index (Phi) is 6.31. The van der Waals surface area contributed by atoms with Crippen molar-refractivity contribution < 1.29 is 0 Å². The maximum Gasteiger partial charge on any atom is 0.0409 e. The molecule has 0 spiro atoms. The third-order valence-corrected chi connectivity index (χ3v) is 3.76. The van der Waals surface area contributed by atoms with Crippen LogP contribution in [0.5, 0.6) is 0 Å². The van der Waals surface area contributed by atoms with Crippen LogP contribution in [0.3, 0.4) is 0 Å². The van der Waals surface area contributed by atoms with Gasteiger partial charge in [0.05, 0.1) is 0 Å². The van der Waals surface area contributed by atoms with Crippen molar-refractivity contribution in [2.75, 3.05) is 26.7 Å². The van der Waals surface area contributed by atoms with Gasteiger partial charge < -0.3 is 5.32 Å². The summed E-state index contributed by atoms with van der Waals surface area (Å²) in [5, 5.41) is 4.24. The van der Waals surface area contributed by atoms with E-state index in [1.165, 1.54) is 5.56 Å². The van der Waals surface area contributed by atoms with Crippen LogP contribution in [-0.4, -0.2) is 31.6 Å². The molecule has 0 aromatic heterocycles. The van der Waals surface area contributed by atoms with Crippen molar-refractivity contribution in [3.8, 4) is 0 Å². The van der Waals surface area contributed by atoms with Crippen LogP contribution in [0.25, 0.3) is 0 Å². The number of halogens is 1. The van der Waals surface area contributed by atoms with Crippen molar-refractivity contribution in [1.29, 1.82) is 0 Å². The van der Waals surface area contributed by atoms with Crippen LogP contribution in [0, 0.1) is 5.41 Å². The fourth-order valence-corrected chi connectivity index (χ4v) is 2.55. The lowest BCUT2D eigenvalue weighted by atomic mass is 9.91. The average molecular weight is 283 g/mol. The number of hydrogen-bond donors (Lipinski definition) is 1. The second-order valence-electron chi connectivity index (χ2n) is 6.09. The van der Waals surface area contributed by atoms with Gasteiger partial charge >= 0.3 is 0 Å². The van der Waals surface area contributed by atoms with Gasteiger partial charge in [-0.1, -0.05) is 44.5 Å². The van der Waals surface area contributed by atoms with Gasteiger partial charge in [-0.3, -0.25) is 4.90 Å². The van der Waals surface area contributed by atoms with Crippen LogP contribution in [0.4, 0.5) is 0 Å². The normalized spacial score (nSPS) is 13.8. The van der Waals surface area contributed by atoms with E-state index >= 15 is 0 Å². The SMILES string of the molecule is CCNCC(C)(C)CN(C)C(C)c1cccc(Cl)c1. The summed E-state index contributed by atoms with van der Waals surface area (Å²) in [4.78, 5) is 2.39. The van der Waals surface area contributed by atoms with Crippen molar-refractivity contribution in [2.45, 2.75) is 33.7 Å². The Hall–Kier alpha value is -0.570. The lowest BCUT2D eigenvalue weighted by Crippen LogP contribution is -2.39.